The standard InChI is InChI=1S/C15H21BrO/c1-11(2)9-13(16)8-7-12-10-17-15-6-4-3-5-14(12)15/h3-6,11-13H,7-10H2,1-2H3. The van der Waals surface area contributed by atoms with E-state index in [0.717, 1.165) is 18.3 Å². The van der Waals surface area contributed by atoms with Gasteiger partial charge in [-0.3, -0.25) is 0 Å². The lowest BCUT2D eigenvalue weighted by molar-refractivity contribution is 0.322. The van der Waals surface area contributed by atoms with E-state index >= 15 is 0 Å². The van der Waals surface area contributed by atoms with Gasteiger partial charge in [0.25, 0.3) is 0 Å². The minimum absolute atomic E-state index is 0.596. The normalized spacial score (nSPS) is 20.1. The number of ether oxygens (including phenoxy) is 1. The number of hydrogen-bond donors (Lipinski definition) is 0. The predicted octanol–water partition coefficient (Wildman–Crippen LogP) is 4.75. The first-order valence-corrected chi connectivity index (χ1v) is 7.44. The van der Waals surface area contributed by atoms with Gasteiger partial charge >= 0.3 is 0 Å². The highest BCUT2D eigenvalue weighted by Gasteiger charge is 2.23. The van der Waals surface area contributed by atoms with Crippen molar-refractivity contribution < 1.29 is 4.74 Å². The van der Waals surface area contributed by atoms with E-state index < -0.39 is 0 Å². The SMILES string of the molecule is CC(C)CC(Br)CCC1COc2ccccc21. The van der Waals surface area contributed by atoms with Gasteiger partial charge in [-0.1, -0.05) is 48.0 Å². The van der Waals surface area contributed by atoms with Crippen LogP contribution in [0.25, 0.3) is 0 Å². The molecular weight excluding hydrogens is 276 g/mol. The summed E-state index contributed by atoms with van der Waals surface area (Å²) in [4.78, 5) is 0.648. The van der Waals surface area contributed by atoms with E-state index in [-0.39, 0.29) is 0 Å². The van der Waals surface area contributed by atoms with Crippen LogP contribution in [0.4, 0.5) is 0 Å². The second-order valence-corrected chi connectivity index (χ2v) is 6.64. The topological polar surface area (TPSA) is 9.23 Å². The lowest BCUT2D eigenvalue weighted by atomic mass is 9.94. The van der Waals surface area contributed by atoms with Gasteiger partial charge in [0.05, 0.1) is 6.61 Å². The molecule has 2 unspecified atom stereocenters. The molecule has 2 rings (SSSR count). The van der Waals surface area contributed by atoms with E-state index in [1.807, 2.05) is 6.07 Å². The molecule has 0 aliphatic carbocycles. The molecule has 0 amide bonds. The minimum atomic E-state index is 0.596. The maximum absolute atomic E-state index is 5.71. The van der Waals surface area contributed by atoms with Crippen LogP contribution >= 0.6 is 15.9 Å². The molecule has 0 aromatic heterocycles. The first-order chi connectivity index (χ1) is 8.16. The number of para-hydroxylation sites is 1. The monoisotopic (exact) mass is 296 g/mol. The molecule has 0 saturated heterocycles. The van der Waals surface area contributed by atoms with Crippen LogP contribution in [0.3, 0.4) is 0 Å². The molecule has 0 radical (unpaired) electrons. The Morgan fingerprint density at radius 3 is 2.88 bits per heavy atom. The molecule has 1 aromatic rings. The summed E-state index contributed by atoms with van der Waals surface area (Å²) < 4.78 is 5.71. The molecule has 2 heteroatoms. The van der Waals surface area contributed by atoms with Gasteiger partial charge in [0, 0.05) is 16.3 Å². The van der Waals surface area contributed by atoms with E-state index in [1.165, 1.54) is 24.8 Å². The largest absolute Gasteiger partial charge is 0.493 e. The number of hydrogen-bond acceptors (Lipinski definition) is 1. The average Bonchev–Trinajstić information content (AvgIpc) is 2.69. The maximum Gasteiger partial charge on any atom is 0.122 e. The van der Waals surface area contributed by atoms with Crippen LogP contribution in [-0.2, 0) is 0 Å². The lowest BCUT2D eigenvalue weighted by Crippen LogP contribution is -2.07. The fraction of sp³-hybridized carbons (Fsp3) is 0.600. The Bertz CT molecular complexity index is 362. The van der Waals surface area contributed by atoms with Crippen molar-refractivity contribution >= 4 is 15.9 Å². The van der Waals surface area contributed by atoms with Crippen LogP contribution in [0.5, 0.6) is 5.75 Å². The zero-order valence-corrected chi connectivity index (χ0v) is 12.2. The Hall–Kier alpha value is -0.500. The molecule has 0 spiro atoms. The highest BCUT2D eigenvalue weighted by molar-refractivity contribution is 9.09. The van der Waals surface area contributed by atoms with Gasteiger partial charge in [0.1, 0.15) is 5.75 Å². The number of fused-ring (bicyclic) bond motifs is 1. The van der Waals surface area contributed by atoms with Gasteiger partial charge in [0.2, 0.25) is 0 Å². The highest BCUT2D eigenvalue weighted by atomic mass is 79.9. The Morgan fingerprint density at radius 2 is 2.12 bits per heavy atom. The summed E-state index contributed by atoms with van der Waals surface area (Å²) in [5, 5.41) is 0. The van der Waals surface area contributed by atoms with Gasteiger partial charge < -0.3 is 4.74 Å². The smallest absolute Gasteiger partial charge is 0.122 e. The van der Waals surface area contributed by atoms with E-state index in [9.17, 15) is 0 Å². The number of rotatable bonds is 5. The molecule has 0 N–H and O–H groups in total. The number of benzene rings is 1. The fourth-order valence-corrected chi connectivity index (χ4v) is 3.49. The van der Waals surface area contributed by atoms with Crippen molar-refractivity contribution in [1.82, 2.24) is 0 Å². The van der Waals surface area contributed by atoms with Gasteiger partial charge in [-0.2, -0.15) is 0 Å². The Morgan fingerprint density at radius 1 is 1.35 bits per heavy atom. The molecule has 1 aliphatic heterocycles. The Labute approximate surface area is 113 Å². The minimum Gasteiger partial charge on any atom is -0.493 e. The van der Waals surface area contributed by atoms with Crippen LogP contribution < -0.4 is 4.74 Å². The van der Waals surface area contributed by atoms with Crippen molar-refractivity contribution in [1.29, 1.82) is 0 Å². The molecular formula is C15H21BrO. The summed E-state index contributed by atoms with van der Waals surface area (Å²) in [5.41, 5.74) is 1.40. The van der Waals surface area contributed by atoms with E-state index in [2.05, 4.69) is 48.0 Å². The predicted molar refractivity (Wildman–Crippen MR) is 76.1 cm³/mol. The summed E-state index contributed by atoms with van der Waals surface area (Å²) in [6, 6.07) is 8.45. The molecule has 1 nitrogen and oxygen atoms in total. The van der Waals surface area contributed by atoms with E-state index in [4.69, 9.17) is 4.74 Å². The lowest BCUT2D eigenvalue weighted by Gasteiger charge is -2.14. The summed E-state index contributed by atoms with van der Waals surface area (Å²) in [7, 11) is 0. The summed E-state index contributed by atoms with van der Waals surface area (Å²) in [6.07, 6.45) is 3.72. The van der Waals surface area contributed by atoms with Crippen LogP contribution in [0, 0.1) is 5.92 Å². The first kappa shape index (κ1) is 12.9. The quantitative estimate of drug-likeness (QED) is 0.712. The van der Waals surface area contributed by atoms with E-state index in [0.29, 0.717) is 10.7 Å². The maximum atomic E-state index is 5.71. The molecule has 2 atom stereocenters. The fourth-order valence-electron chi connectivity index (χ4n) is 2.48. The van der Waals surface area contributed by atoms with Crippen LogP contribution in [0.2, 0.25) is 0 Å². The van der Waals surface area contributed by atoms with Crippen molar-refractivity contribution in [3.63, 3.8) is 0 Å². The summed E-state index contributed by atoms with van der Waals surface area (Å²) in [6.45, 7) is 5.42. The van der Waals surface area contributed by atoms with Crippen molar-refractivity contribution in [2.75, 3.05) is 6.61 Å². The zero-order chi connectivity index (χ0) is 12.3. The second-order valence-electron chi connectivity index (χ2n) is 5.35. The van der Waals surface area contributed by atoms with Gasteiger partial charge in [-0.05, 0) is 31.2 Å². The molecule has 1 aliphatic rings. The summed E-state index contributed by atoms with van der Waals surface area (Å²) in [5.74, 6) is 2.46. The van der Waals surface area contributed by atoms with Crippen LogP contribution in [-0.4, -0.2) is 11.4 Å². The highest BCUT2D eigenvalue weighted by Crippen LogP contribution is 2.37. The third-order valence-corrected chi connectivity index (χ3v) is 4.19. The summed E-state index contributed by atoms with van der Waals surface area (Å²) >= 11 is 3.78. The molecule has 0 bridgehead atoms. The van der Waals surface area contributed by atoms with Gasteiger partial charge in [-0.25, -0.2) is 0 Å². The van der Waals surface area contributed by atoms with Crippen LogP contribution in [0.15, 0.2) is 24.3 Å². The molecule has 1 aromatic carbocycles. The molecule has 0 fully saturated rings. The van der Waals surface area contributed by atoms with Crippen molar-refractivity contribution in [3.8, 4) is 5.75 Å². The van der Waals surface area contributed by atoms with Gasteiger partial charge in [0.15, 0.2) is 0 Å². The van der Waals surface area contributed by atoms with Gasteiger partial charge in [-0.15, -0.1) is 0 Å². The Kier molecular flexibility index (Phi) is 4.49. The zero-order valence-electron chi connectivity index (χ0n) is 10.7. The van der Waals surface area contributed by atoms with Crippen molar-refractivity contribution in [3.05, 3.63) is 29.8 Å². The first-order valence-electron chi connectivity index (χ1n) is 6.52. The van der Waals surface area contributed by atoms with Crippen molar-refractivity contribution in [2.24, 2.45) is 5.92 Å². The molecule has 0 saturated carbocycles. The molecule has 1 heterocycles. The average molecular weight is 297 g/mol. The third-order valence-electron chi connectivity index (χ3n) is 3.35. The van der Waals surface area contributed by atoms with Crippen LogP contribution in [0.1, 0.15) is 44.6 Å². The molecule has 17 heavy (non-hydrogen) atoms. The molecule has 94 valence electrons. The third kappa shape index (κ3) is 3.48. The number of alkyl halides is 1. The number of halogens is 1. The van der Waals surface area contributed by atoms with E-state index in [1.54, 1.807) is 0 Å². The van der Waals surface area contributed by atoms with Crippen molar-refractivity contribution in [2.45, 2.75) is 43.9 Å². The second kappa shape index (κ2) is 5.90. The Balaban J connectivity index is 1.85.